The van der Waals surface area contributed by atoms with Gasteiger partial charge in [-0.05, 0) is 52.7 Å². The lowest BCUT2D eigenvalue weighted by Crippen LogP contribution is -2.11. The van der Waals surface area contributed by atoms with E-state index in [4.69, 9.17) is 0 Å². The maximum atomic E-state index is 9.80. The van der Waals surface area contributed by atoms with E-state index in [0.29, 0.717) is 12.3 Å². The van der Waals surface area contributed by atoms with Gasteiger partial charge in [-0.15, -0.1) is 0 Å². The minimum Gasteiger partial charge on any atom is -0.393 e. The first-order valence-corrected chi connectivity index (χ1v) is 6.14. The van der Waals surface area contributed by atoms with Gasteiger partial charge < -0.3 is 5.11 Å². The summed E-state index contributed by atoms with van der Waals surface area (Å²) in [5, 5.41) is 9.80. The highest BCUT2D eigenvalue weighted by molar-refractivity contribution is 9.10. The maximum Gasteiger partial charge on any atom is 0.0581 e. The van der Waals surface area contributed by atoms with Crippen LogP contribution in [0.3, 0.4) is 0 Å². The van der Waals surface area contributed by atoms with Gasteiger partial charge in [-0.3, -0.25) is 4.98 Å². The molecule has 1 aromatic heterocycles. The van der Waals surface area contributed by atoms with Crippen molar-refractivity contribution in [2.75, 3.05) is 0 Å². The predicted octanol–water partition coefficient (Wildman–Crippen LogP) is 3.18. The molecule has 1 atom stereocenters. The van der Waals surface area contributed by atoms with Crippen LogP contribution < -0.4 is 0 Å². The van der Waals surface area contributed by atoms with Crippen molar-refractivity contribution < 1.29 is 5.11 Å². The van der Waals surface area contributed by atoms with Gasteiger partial charge >= 0.3 is 0 Å². The van der Waals surface area contributed by atoms with Gasteiger partial charge in [0, 0.05) is 16.9 Å². The number of rotatable bonds is 5. The molecule has 0 aromatic carbocycles. The number of aliphatic hydroxyl groups excluding tert-OH is 1. The standard InChI is InChI=1S/C12H18BrNO/c1-9(2)3-4-12(15)6-10-5-11(13)8-14-7-10/h5,7-9,12,15H,3-4,6H2,1-2H3. The first-order chi connectivity index (χ1) is 7.08. The number of nitrogens with zero attached hydrogens (tertiary/aromatic N) is 1. The Balaban J connectivity index is 2.40. The van der Waals surface area contributed by atoms with Crippen LogP contribution in [0.25, 0.3) is 0 Å². The highest BCUT2D eigenvalue weighted by Gasteiger charge is 2.07. The van der Waals surface area contributed by atoms with E-state index in [2.05, 4.69) is 34.8 Å². The molecule has 0 radical (unpaired) electrons. The molecule has 84 valence electrons. The molecule has 0 saturated carbocycles. The van der Waals surface area contributed by atoms with E-state index in [1.807, 2.05) is 12.3 Å². The van der Waals surface area contributed by atoms with Crippen molar-refractivity contribution in [3.05, 3.63) is 28.5 Å². The predicted molar refractivity (Wildman–Crippen MR) is 65.7 cm³/mol. The fraction of sp³-hybridized carbons (Fsp3) is 0.583. The minimum atomic E-state index is -0.247. The molecule has 0 bridgehead atoms. The van der Waals surface area contributed by atoms with E-state index >= 15 is 0 Å². The molecule has 1 heterocycles. The molecule has 3 heteroatoms. The second kappa shape index (κ2) is 6.23. The Kier molecular flexibility index (Phi) is 5.26. The van der Waals surface area contributed by atoms with Gasteiger partial charge in [0.05, 0.1) is 6.10 Å². The topological polar surface area (TPSA) is 33.1 Å². The molecule has 1 rings (SSSR count). The largest absolute Gasteiger partial charge is 0.393 e. The number of aliphatic hydroxyl groups is 1. The third-order valence-corrected chi connectivity index (χ3v) is 2.74. The van der Waals surface area contributed by atoms with E-state index in [9.17, 15) is 5.11 Å². The van der Waals surface area contributed by atoms with Crippen LogP contribution >= 0.6 is 15.9 Å². The number of halogens is 1. The summed E-state index contributed by atoms with van der Waals surface area (Å²) < 4.78 is 0.969. The average molecular weight is 272 g/mol. The van der Waals surface area contributed by atoms with Crippen LogP contribution in [-0.2, 0) is 6.42 Å². The lowest BCUT2D eigenvalue weighted by molar-refractivity contribution is 0.157. The summed E-state index contributed by atoms with van der Waals surface area (Å²) in [4.78, 5) is 4.07. The van der Waals surface area contributed by atoms with Crippen molar-refractivity contribution in [1.29, 1.82) is 0 Å². The van der Waals surface area contributed by atoms with E-state index < -0.39 is 0 Å². The molecule has 0 spiro atoms. The summed E-state index contributed by atoms with van der Waals surface area (Å²) in [5.41, 5.74) is 1.08. The SMILES string of the molecule is CC(C)CCC(O)Cc1cncc(Br)c1. The van der Waals surface area contributed by atoms with Crippen LogP contribution in [0.2, 0.25) is 0 Å². The van der Waals surface area contributed by atoms with Crippen LogP contribution in [0.5, 0.6) is 0 Å². The molecule has 0 fully saturated rings. The Hall–Kier alpha value is -0.410. The van der Waals surface area contributed by atoms with Gasteiger partial charge in [0.15, 0.2) is 0 Å². The van der Waals surface area contributed by atoms with Crippen LogP contribution in [0.15, 0.2) is 22.9 Å². The molecule has 1 unspecified atom stereocenters. The van der Waals surface area contributed by atoms with Gasteiger partial charge in [0.25, 0.3) is 0 Å². The lowest BCUT2D eigenvalue weighted by Gasteiger charge is -2.11. The number of aromatic nitrogens is 1. The number of hydrogen-bond acceptors (Lipinski definition) is 2. The second-order valence-electron chi connectivity index (χ2n) is 4.34. The van der Waals surface area contributed by atoms with Crippen molar-refractivity contribution in [3.63, 3.8) is 0 Å². The normalized spacial score (nSPS) is 13.1. The van der Waals surface area contributed by atoms with Crippen molar-refractivity contribution in [3.8, 4) is 0 Å². The van der Waals surface area contributed by atoms with Crippen LogP contribution in [-0.4, -0.2) is 16.2 Å². The van der Waals surface area contributed by atoms with Crippen LogP contribution in [0, 0.1) is 5.92 Å². The average Bonchev–Trinajstić information content (AvgIpc) is 2.15. The molecule has 1 N–H and O–H groups in total. The minimum absolute atomic E-state index is 0.247. The first-order valence-electron chi connectivity index (χ1n) is 5.35. The molecule has 15 heavy (non-hydrogen) atoms. The van der Waals surface area contributed by atoms with Gasteiger partial charge in [-0.2, -0.15) is 0 Å². The Bertz CT molecular complexity index is 301. The highest BCUT2D eigenvalue weighted by Crippen LogP contribution is 2.14. The Labute approximate surface area is 99.9 Å². The third-order valence-electron chi connectivity index (χ3n) is 2.31. The summed E-state index contributed by atoms with van der Waals surface area (Å²) in [5.74, 6) is 0.653. The van der Waals surface area contributed by atoms with Crippen LogP contribution in [0.1, 0.15) is 32.3 Å². The van der Waals surface area contributed by atoms with E-state index in [1.165, 1.54) is 0 Å². The number of pyridine rings is 1. The van der Waals surface area contributed by atoms with Crippen LogP contribution in [0.4, 0.5) is 0 Å². The molecule has 0 saturated heterocycles. The first kappa shape index (κ1) is 12.7. The zero-order chi connectivity index (χ0) is 11.3. The summed E-state index contributed by atoms with van der Waals surface area (Å²) >= 11 is 3.37. The molecule has 1 aromatic rings. The third kappa shape index (κ3) is 5.28. The zero-order valence-electron chi connectivity index (χ0n) is 9.28. The number of hydrogen-bond donors (Lipinski definition) is 1. The molecule has 0 amide bonds. The van der Waals surface area contributed by atoms with Gasteiger partial charge in [0.1, 0.15) is 0 Å². The second-order valence-corrected chi connectivity index (χ2v) is 5.26. The summed E-state index contributed by atoms with van der Waals surface area (Å²) in [6, 6.07) is 2.01. The van der Waals surface area contributed by atoms with Crippen molar-refractivity contribution in [2.45, 2.75) is 39.2 Å². The Morgan fingerprint density at radius 1 is 1.33 bits per heavy atom. The lowest BCUT2D eigenvalue weighted by atomic mass is 10.0. The van der Waals surface area contributed by atoms with Gasteiger partial charge in [0.2, 0.25) is 0 Å². The molecule has 0 aliphatic carbocycles. The zero-order valence-corrected chi connectivity index (χ0v) is 10.9. The van der Waals surface area contributed by atoms with Crippen molar-refractivity contribution in [1.82, 2.24) is 4.98 Å². The quantitative estimate of drug-likeness (QED) is 0.893. The van der Waals surface area contributed by atoms with Crippen molar-refractivity contribution >= 4 is 15.9 Å². The molecule has 0 aliphatic rings. The van der Waals surface area contributed by atoms with Crippen molar-refractivity contribution in [2.24, 2.45) is 5.92 Å². The molecule has 0 aliphatic heterocycles. The molecular weight excluding hydrogens is 254 g/mol. The Morgan fingerprint density at radius 2 is 2.07 bits per heavy atom. The summed E-state index contributed by atoms with van der Waals surface area (Å²) in [7, 11) is 0. The highest BCUT2D eigenvalue weighted by atomic mass is 79.9. The Morgan fingerprint density at radius 3 is 2.67 bits per heavy atom. The molecular formula is C12H18BrNO. The fourth-order valence-electron chi connectivity index (χ4n) is 1.47. The molecule has 2 nitrogen and oxygen atoms in total. The smallest absolute Gasteiger partial charge is 0.0581 e. The fourth-order valence-corrected chi connectivity index (χ4v) is 1.88. The van der Waals surface area contributed by atoms with Gasteiger partial charge in [-0.25, -0.2) is 0 Å². The van der Waals surface area contributed by atoms with E-state index in [0.717, 1.165) is 22.9 Å². The summed E-state index contributed by atoms with van der Waals surface area (Å²) in [6.45, 7) is 4.35. The van der Waals surface area contributed by atoms with E-state index in [1.54, 1.807) is 6.20 Å². The summed E-state index contributed by atoms with van der Waals surface area (Å²) in [6.07, 6.45) is 5.95. The monoisotopic (exact) mass is 271 g/mol. The van der Waals surface area contributed by atoms with E-state index in [-0.39, 0.29) is 6.10 Å². The maximum absolute atomic E-state index is 9.80. The van der Waals surface area contributed by atoms with Gasteiger partial charge in [-0.1, -0.05) is 13.8 Å².